The molecule has 0 radical (unpaired) electrons. The third-order valence-electron chi connectivity index (χ3n) is 2.60. The maximum Gasteiger partial charge on any atom is 0.271 e. The molecule has 0 heterocycles. The van der Waals surface area contributed by atoms with E-state index in [0.29, 0.717) is 0 Å². The second-order valence-electron chi connectivity index (χ2n) is 4.04. The van der Waals surface area contributed by atoms with Gasteiger partial charge in [-0.1, -0.05) is 23.2 Å². The molecule has 8 heteroatoms. The molecule has 21 heavy (non-hydrogen) atoms. The zero-order valence-electron chi connectivity index (χ0n) is 10.3. The summed E-state index contributed by atoms with van der Waals surface area (Å²) in [5, 5.41) is 22.8. The van der Waals surface area contributed by atoms with Gasteiger partial charge in [0.25, 0.3) is 11.6 Å². The van der Waals surface area contributed by atoms with Crippen LogP contribution < -0.4 is 5.32 Å². The lowest BCUT2D eigenvalue weighted by atomic mass is 10.2. The van der Waals surface area contributed by atoms with Crippen molar-refractivity contribution in [2.24, 2.45) is 0 Å². The summed E-state index contributed by atoms with van der Waals surface area (Å²) >= 11 is 11.7. The number of amides is 1. The summed E-state index contributed by atoms with van der Waals surface area (Å²) in [6.07, 6.45) is 0. The lowest BCUT2D eigenvalue weighted by molar-refractivity contribution is -0.384. The molecule has 0 saturated heterocycles. The number of hydrogen-bond acceptors (Lipinski definition) is 4. The summed E-state index contributed by atoms with van der Waals surface area (Å²) < 4.78 is 0. The van der Waals surface area contributed by atoms with Gasteiger partial charge in [0.1, 0.15) is 5.75 Å². The number of carbonyl (C=O) groups is 1. The van der Waals surface area contributed by atoms with Crippen LogP contribution in [0.4, 0.5) is 11.4 Å². The number of nitro groups is 1. The van der Waals surface area contributed by atoms with E-state index in [1.807, 2.05) is 0 Å². The van der Waals surface area contributed by atoms with Gasteiger partial charge >= 0.3 is 0 Å². The number of nitro benzene ring substituents is 1. The van der Waals surface area contributed by atoms with Crippen molar-refractivity contribution in [3.8, 4) is 5.75 Å². The van der Waals surface area contributed by atoms with Crippen LogP contribution in [0.25, 0.3) is 0 Å². The Morgan fingerprint density at radius 2 is 1.81 bits per heavy atom. The van der Waals surface area contributed by atoms with E-state index in [1.165, 1.54) is 30.3 Å². The third-order valence-corrected chi connectivity index (χ3v) is 3.26. The maximum atomic E-state index is 12.1. The summed E-state index contributed by atoms with van der Waals surface area (Å²) in [5.41, 5.74) is -0.105. The van der Waals surface area contributed by atoms with Crippen molar-refractivity contribution in [3.63, 3.8) is 0 Å². The van der Waals surface area contributed by atoms with Crippen molar-refractivity contribution in [2.75, 3.05) is 5.32 Å². The molecule has 6 nitrogen and oxygen atoms in total. The summed E-state index contributed by atoms with van der Waals surface area (Å²) in [5.74, 6) is -0.770. The van der Waals surface area contributed by atoms with Gasteiger partial charge in [-0.25, -0.2) is 0 Å². The Labute approximate surface area is 129 Å². The van der Waals surface area contributed by atoms with Crippen LogP contribution in [0.15, 0.2) is 36.4 Å². The number of phenols is 1. The van der Waals surface area contributed by atoms with Gasteiger partial charge in [0, 0.05) is 12.1 Å². The fourth-order valence-corrected chi connectivity index (χ4v) is 1.97. The minimum absolute atomic E-state index is 0.0271. The zero-order chi connectivity index (χ0) is 15.6. The molecule has 2 N–H and O–H groups in total. The number of carbonyl (C=O) groups excluding carboxylic acids is 1. The van der Waals surface area contributed by atoms with Crippen molar-refractivity contribution >= 4 is 40.5 Å². The monoisotopic (exact) mass is 326 g/mol. The molecule has 0 atom stereocenters. The lowest BCUT2D eigenvalue weighted by Crippen LogP contribution is -2.13. The lowest BCUT2D eigenvalue weighted by Gasteiger charge is -2.08. The number of nitrogens with zero attached hydrogens (tertiary/aromatic N) is 1. The Morgan fingerprint density at radius 3 is 2.48 bits per heavy atom. The standard InChI is InChI=1S/C13H8Cl2N2O4/c14-10-4-2-8(18)6-9(10)13(19)16-12-5-7(17(20)21)1-3-11(12)15/h1-6,18H,(H,16,19). The second-order valence-corrected chi connectivity index (χ2v) is 4.85. The van der Waals surface area contributed by atoms with E-state index in [2.05, 4.69) is 5.32 Å². The van der Waals surface area contributed by atoms with Crippen LogP contribution >= 0.6 is 23.2 Å². The largest absolute Gasteiger partial charge is 0.508 e. The maximum absolute atomic E-state index is 12.1. The predicted octanol–water partition coefficient (Wildman–Crippen LogP) is 3.86. The first-order valence-corrected chi connectivity index (χ1v) is 6.38. The highest BCUT2D eigenvalue weighted by Gasteiger charge is 2.15. The Bertz CT molecular complexity index is 734. The number of non-ortho nitro benzene ring substituents is 1. The van der Waals surface area contributed by atoms with Crippen molar-refractivity contribution in [2.45, 2.75) is 0 Å². The third kappa shape index (κ3) is 3.42. The van der Waals surface area contributed by atoms with Gasteiger partial charge in [-0.2, -0.15) is 0 Å². The predicted molar refractivity (Wildman–Crippen MR) is 79.2 cm³/mol. The molecule has 2 aromatic rings. The van der Waals surface area contributed by atoms with Crippen LogP contribution in [0.5, 0.6) is 5.75 Å². The van der Waals surface area contributed by atoms with Crippen LogP contribution in [-0.4, -0.2) is 15.9 Å². The smallest absolute Gasteiger partial charge is 0.271 e. The normalized spacial score (nSPS) is 10.2. The van der Waals surface area contributed by atoms with E-state index in [0.717, 1.165) is 6.07 Å². The van der Waals surface area contributed by atoms with Crippen LogP contribution in [0, 0.1) is 10.1 Å². The summed E-state index contributed by atoms with van der Waals surface area (Å²) in [7, 11) is 0. The van der Waals surface area contributed by atoms with E-state index < -0.39 is 10.8 Å². The number of anilines is 1. The molecule has 2 rings (SSSR count). The molecule has 0 spiro atoms. The molecular formula is C13H8Cl2N2O4. The Morgan fingerprint density at radius 1 is 1.14 bits per heavy atom. The molecule has 1 amide bonds. The van der Waals surface area contributed by atoms with Gasteiger partial charge in [0.2, 0.25) is 0 Å². The summed E-state index contributed by atoms with van der Waals surface area (Å²) in [6.45, 7) is 0. The Kier molecular flexibility index (Phi) is 4.30. The number of rotatable bonds is 3. The number of nitrogens with one attached hydrogen (secondary N) is 1. The van der Waals surface area contributed by atoms with E-state index >= 15 is 0 Å². The quantitative estimate of drug-likeness (QED) is 0.661. The molecule has 0 aliphatic heterocycles. The molecule has 2 aromatic carbocycles. The molecule has 0 aliphatic carbocycles. The molecule has 0 aromatic heterocycles. The first-order valence-electron chi connectivity index (χ1n) is 5.62. The SMILES string of the molecule is O=C(Nc1cc([N+](=O)[O-])ccc1Cl)c1cc(O)ccc1Cl. The molecular weight excluding hydrogens is 319 g/mol. The minimum Gasteiger partial charge on any atom is -0.508 e. The minimum atomic E-state index is -0.640. The van der Waals surface area contributed by atoms with E-state index in [9.17, 15) is 20.0 Å². The first-order chi connectivity index (χ1) is 9.88. The number of hydrogen-bond donors (Lipinski definition) is 2. The van der Waals surface area contributed by atoms with Gasteiger partial charge in [-0.05, 0) is 24.3 Å². The van der Waals surface area contributed by atoms with E-state index in [1.54, 1.807) is 0 Å². The van der Waals surface area contributed by atoms with E-state index in [-0.39, 0.29) is 32.7 Å². The van der Waals surface area contributed by atoms with Crippen molar-refractivity contribution < 1.29 is 14.8 Å². The molecule has 0 bridgehead atoms. The van der Waals surface area contributed by atoms with Crippen LogP contribution in [0.2, 0.25) is 10.0 Å². The number of benzene rings is 2. The number of halogens is 2. The average Bonchev–Trinajstić information content (AvgIpc) is 2.43. The van der Waals surface area contributed by atoms with Gasteiger partial charge in [0.05, 0.1) is 26.2 Å². The zero-order valence-corrected chi connectivity index (χ0v) is 11.9. The summed E-state index contributed by atoms with van der Waals surface area (Å²) in [4.78, 5) is 22.2. The fraction of sp³-hybridized carbons (Fsp3) is 0. The molecule has 0 fully saturated rings. The molecule has 0 saturated carbocycles. The highest BCUT2D eigenvalue weighted by Crippen LogP contribution is 2.28. The van der Waals surface area contributed by atoms with Gasteiger partial charge in [0.15, 0.2) is 0 Å². The highest BCUT2D eigenvalue weighted by molar-refractivity contribution is 6.36. The number of aromatic hydroxyl groups is 1. The number of phenolic OH excluding ortho intramolecular Hbond substituents is 1. The van der Waals surface area contributed by atoms with Gasteiger partial charge < -0.3 is 10.4 Å². The van der Waals surface area contributed by atoms with Crippen LogP contribution in [0.1, 0.15) is 10.4 Å². The van der Waals surface area contributed by atoms with Gasteiger partial charge in [-0.3, -0.25) is 14.9 Å². The fourth-order valence-electron chi connectivity index (χ4n) is 1.60. The van der Waals surface area contributed by atoms with Crippen molar-refractivity contribution in [1.82, 2.24) is 0 Å². The average molecular weight is 327 g/mol. The summed E-state index contributed by atoms with van der Waals surface area (Å²) in [6, 6.07) is 7.54. The Balaban J connectivity index is 2.33. The van der Waals surface area contributed by atoms with E-state index in [4.69, 9.17) is 23.2 Å². The highest BCUT2D eigenvalue weighted by atomic mass is 35.5. The first kappa shape index (κ1) is 15.1. The van der Waals surface area contributed by atoms with Crippen molar-refractivity contribution in [1.29, 1.82) is 0 Å². The molecule has 0 unspecified atom stereocenters. The second kappa shape index (κ2) is 5.99. The molecule has 108 valence electrons. The van der Waals surface area contributed by atoms with Gasteiger partial charge in [-0.15, -0.1) is 0 Å². The van der Waals surface area contributed by atoms with Crippen LogP contribution in [-0.2, 0) is 0 Å². The topological polar surface area (TPSA) is 92.5 Å². The van der Waals surface area contributed by atoms with Crippen molar-refractivity contribution in [3.05, 3.63) is 62.1 Å². The Hall–Kier alpha value is -2.31. The van der Waals surface area contributed by atoms with Crippen LogP contribution in [0.3, 0.4) is 0 Å². The molecule has 0 aliphatic rings.